The summed E-state index contributed by atoms with van der Waals surface area (Å²) >= 11 is 0. The maximum Gasteiger partial charge on any atom is 0.416 e. The van der Waals surface area contributed by atoms with Gasteiger partial charge in [-0.1, -0.05) is 55.8 Å². The molecule has 0 aromatic heterocycles. The summed E-state index contributed by atoms with van der Waals surface area (Å²) in [4.78, 5) is 14.8. The minimum Gasteiger partial charge on any atom is -0.360 e. The van der Waals surface area contributed by atoms with E-state index >= 15 is 0 Å². The number of rotatable bonds is 4. The molecule has 1 aliphatic heterocycles. The van der Waals surface area contributed by atoms with Gasteiger partial charge in [0.25, 0.3) is 5.91 Å². The van der Waals surface area contributed by atoms with E-state index in [0.717, 1.165) is 24.5 Å². The van der Waals surface area contributed by atoms with Gasteiger partial charge in [-0.15, -0.1) is 0 Å². The fourth-order valence-electron chi connectivity index (χ4n) is 3.84. The van der Waals surface area contributed by atoms with E-state index in [-0.39, 0.29) is 11.5 Å². The van der Waals surface area contributed by atoms with Crippen molar-refractivity contribution in [2.24, 2.45) is 0 Å². The first kappa shape index (κ1) is 20.0. The predicted molar refractivity (Wildman–Crippen MR) is 111 cm³/mol. The number of hydrogen-bond acceptors (Lipinski definition) is 2. The Kier molecular flexibility index (Phi) is 5.24. The highest BCUT2D eigenvalue weighted by Gasteiger charge is 2.40. The average molecular weight is 410 g/mol. The third-order valence-electron chi connectivity index (χ3n) is 5.24. The molecule has 6 heteroatoms. The lowest BCUT2D eigenvalue weighted by Crippen LogP contribution is -2.43. The molecule has 4 rings (SSSR count). The third kappa shape index (κ3) is 3.65. The number of fused-ring (bicyclic) bond motifs is 1. The second-order valence-corrected chi connectivity index (χ2v) is 7.27. The zero-order valence-corrected chi connectivity index (χ0v) is 16.4. The van der Waals surface area contributed by atoms with E-state index in [0.29, 0.717) is 16.9 Å². The molecule has 1 heterocycles. The lowest BCUT2D eigenvalue weighted by molar-refractivity contribution is -0.138. The van der Waals surface area contributed by atoms with Crippen molar-refractivity contribution in [3.05, 3.63) is 95.1 Å². The summed E-state index contributed by atoms with van der Waals surface area (Å²) in [7, 11) is 0. The second kappa shape index (κ2) is 7.86. The van der Waals surface area contributed by atoms with Gasteiger partial charge in [0.2, 0.25) is 0 Å². The van der Waals surface area contributed by atoms with E-state index in [1.54, 1.807) is 42.5 Å². The van der Waals surface area contributed by atoms with Crippen molar-refractivity contribution in [1.82, 2.24) is 0 Å². The molecular weight excluding hydrogens is 389 g/mol. The zero-order chi connectivity index (χ0) is 21.3. The van der Waals surface area contributed by atoms with Crippen LogP contribution in [-0.4, -0.2) is 5.91 Å². The molecule has 1 aliphatic rings. The summed E-state index contributed by atoms with van der Waals surface area (Å²) in [6, 6.07) is 19.7. The Morgan fingerprint density at radius 1 is 0.933 bits per heavy atom. The van der Waals surface area contributed by atoms with Crippen LogP contribution >= 0.6 is 0 Å². The number of benzene rings is 3. The van der Waals surface area contributed by atoms with Crippen LogP contribution in [0.3, 0.4) is 0 Å². The van der Waals surface area contributed by atoms with Crippen LogP contribution in [0.1, 0.15) is 46.6 Å². The molecule has 1 atom stereocenters. The van der Waals surface area contributed by atoms with Crippen molar-refractivity contribution in [3.63, 3.8) is 0 Å². The molecule has 3 aromatic carbocycles. The number of hydrogen-bond donors (Lipinski definition) is 1. The maximum atomic E-state index is 13.7. The number of halogens is 3. The van der Waals surface area contributed by atoms with E-state index in [1.807, 2.05) is 12.1 Å². The van der Waals surface area contributed by atoms with Crippen LogP contribution in [0.4, 0.5) is 24.5 Å². The van der Waals surface area contributed by atoms with Gasteiger partial charge in [-0.3, -0.25) is 9.69 Å². The van der Waals surface area contributed by atoms with Crippen LogP contribution in [0.5, 0.6) is 0 Å². The topological polar surface area (TPSA) is 32.3 Å². The fourth-order valence-corrected chi connectivity index (χ4v) is 3.84. The average Bonchev–Trinajstić information content (AvgIpc) is 2.74. The summed E-state index contributed by atoms with van der Waals surface area (Å²) in [5, 5.41) is 3.15. The Bertz CT molecular complexity index is 1060. The number of carbonyl (C=O) groups excluding carboxylic acids is 1. The molecule has 0 fully saturated rings. The van der Waals surface area contributed by atoms with Gasteiger partial charge in [-0.05, 0) is 42.3 Å². The molecule has 0 bridgehead atoms. The van der Waals surface area contributed by atoms with Crippen molar-refractivity contribution in [2.75, 3.05) is 10.2 Å². The van der Waals surface area contributed by atoms with E-state index < -0.39 is 17.9 Å². The van der Waals surface area contributed by atoms with Crippen molar-refractivity contribution in [3.8, 4) is 0 Å². The Morgan fingerprint density at radius 2 is 1.60 bits per heavy atom. The summed E-state index contributed by atoms with van der Waals surface area (Å²) < 4.78 is 41.2. The number of para-hydroxylation sites is 1. The number of aryl methyl sites for hydroxylation is 1. The van der Waals surface area contributed by atoms with E-state index in [2.05, 4.69) is 12.2 Å². The summed E-state index contributed by atoms with van der Waals surface area (Å²) in [6.45, 7) is 2.08. The first-order valence-electron chi connectivity index (χ1n) is 9.84. The lowest BCUT2D eigenvalue weighted by atomic mass is 9.98. The van der Waals surface area contributed by atoms with Crippen LogP contribution in [-0.2, 0) is 12.6 Å². The zero-order valence-electron chi connectivity index (χ0n) is 16.4. The number of nitrogens with one attached hydrogen (secondary N) is 1. The maximum absolute atomic E-state index is 13.7. The normalized spacial score (nSPS) is 16.2. The van der Waals surface area contributed by atoms with Crippen LogP contribution in [0.2, 0.25) is 0 Å². The minimum atomic E-state index is -4.53. The molecule has 1 unspecified atom stereocenters. The molecule has 3 aromatic rings. The second-order valence-electron chi connectivity index (χ2n) is 7.27. The molecule has 154 valence electrons. The molecule has 0 saturated heterocycles. The Morgan fingerprint density at radius 3 is 2.30 bits per heavy atom. The van der Waals surface area contributed by atoms with Crippen molar-refractivity contribution < 1.29 is 18.0 Å². The van der Waals surface area contributed by atoms with Crippen molar-refractivity contribution >= 4 is 17.3 Å². The lowest BCUT2D eigenvalue weighted by Gasteiger charge is -2.39. The van der Waals surface area contributed by atoms with Gasteiger partial charge < -0.3 is 5.32 Å². The first-order chi connectivity index (χ1) is 14.4. The summed E-state index contributed by atoms with van der Waals surface area (Å²) in [6.07, 6.45) is -3.63. The predicted octanol–water partition coefficient (Wildman–Crippen LogP) is 6.43. The SMILES string of the molecule is CCCc1ccc(N2C(=O)c3ccccc3NC2c2ccccc2C(F)(F)F)cc1. The van der Waals surface area contributed by atoms with Gasteiger partial charge >= 0.3 is 6.18 Å². The van der Waals surface area contributed by atoms with Gasteiger partial charge in [0.15, 0.2) is 0 Å². The minimum absolute atomic E-state index is 0.00508. The van der Waals surface area contributed by atoms with Gasteiger partial charge in [0.1, 0.15) is 6.17 Å². The Labute approximate surface area is 173 Å². The highest BCUT2D eigenvalue weighted by Crippen LogP contribution is 2.41. The van der Waals surface area contributed by atoms with Crippen LogP contribution in [0, 0.1) is 0 Å². The standard InChI is InChI=1S/C24H21F3N2O/c1-2-7-16-12-14-17(15-13-16)29-22(18-8-3-5-10-20(18)24(25,26)27)28-21-11-6-4-9-19(21)23(29)30/h3-6,8-15,22,28H,2,7H2,1H3. The van der Waals surface area contributed by atoms with E-state index in [9.17, 15) is 18.0 Å². The number of alkyl halides is 3. The molecular formula is C24H21F3N2O. The van der Waals surface area contributed by atoms with Crippen LogP contribution in [0.25, 0.3) is 0 Å². The smallest absolute Gasteiger partial charge is 0.360 e. The molecule has 1 N–H and O–H groups in total. The Hall–Kier alpha value is -3.28. The highest BCUT2D eigenvalue weighted by atomic mass is 19.4. The Balaban J connectivity index is 1.86. The molecule has 3 nitrogen and oxygen atoms in total. The number of nitrogens with zero attached hydrogens (tertiary/aromatic N) is 1. The number of amides is 1. The number of carbonyl (C=O) groups is 1. The van der Waals surface area contributed by atoms with Gasteiger partial charge in [0, 0.05) is 16.9 Å². The van der Waals surface area contributed by atoms with Crippen LogP contribution in [0.15, 0.2) is 72.8 Å². The molecule has 0 radical (unpaired) electrons. The van der Waals surface area contributed by atoms with E-state index in [4.69, 9.17) is 0 Å². The molecule has 0 aliphatic carbocycles. The van der Waals surface area contributed by atoms with Gasteiger partial charge in [-0.2, -0.15) is 13.2 Å². The fraction of sp³-hybridized carbons (Fsp3) is 0.208. The van der Waals surface area contributed by atoms with Gasteiger partial charge in [0.05, 0.1) is 11.1 Å². The van der Waals surface area contributed by atoms with Crippen LogP contribution < -0.4 is 10.2 Å². The summed E-state index contributed by atoms with van der Waals surface area (Å²) in [5.74, 6) is -0.338. The first-order valence-corrected chi connectivity index (χ1v) is 9.84. The largest absolute Gasteiger partial charge is 0.416 e. The molecule has 1 amide bonds. The van der Waals surface area contributed by atoms with E-state index in [1.165, 1.54) is 17.0 Å². The quantitative estimate of drug-likeness (QED) is 0.538. The molecule has 0 saturated carbocycles. The molecule has 30 heavy (non-hydrogen) atoms. The molecule has 0 spiro atoms. The summed E-state index contributed by atoms with van der Waals surface area (Å²) in [5.41, 5.74) is 1.85. The van der Waals surface area contributed by atoms with Crippen molar-refractivity contribution in [2.45, 2.75) is 32.1 Å². The highest BCUT2D eigenvalue weighted by molar-refractivity contribution is 6.12. The third-order valence-corrected chi connectivity index (χ3v) is 5.24. The monoisotopic (exact) mass is 410 g/mol. The van der Waals surface area contributed by atoms with Gasteiger partial charge in [-0.25, -0.2) is 0 Å². The van der Waals surface area contributed by atoms with Crippen molar-refractivity contribution in [1.29, 1.82) is 0 Å². The number of anilines is 2.